The van der Waals surface area contributed by atoms with E-state index in [1.807, 2.05) is 36.5 Å². The SMILES string of the molecule is Cc1cccc(C)c1-c1ccnc(-n2c3[c-]c(Oc4[c-]c(-n5[cH+]n(-c6ccccc6)c6ccccc65)ccc4)ccc3c3ccccc32)c1.[Pt]. The third-order valence-corrected chi connectivity index (χ3v) is 9.20. The minimum atomic E-state index is 0. The van der Waals surface area contributed by atoms with Crippen LogP contribution in [0.4, 0.5) is 0 Å². The smallest absolute Gasteiger partial charge is 0.168 e. The molecule has 0 saturated heterocycles. The second kappa shape index (κ2) is 12.9. The summed E-state index contributed by atoms with van der Waals surface area (Å²) in [5.74, 6) is 2.04. The van der Waals surface area contributed by atoms with E-state index in [1.54, 1.807) is 0 Å². The average Bonchev–Trinajstić information content (AvgIpc) is 3.68. The number of aryl methyl sites for hydroxylation is 2. The summed E-state index contributed by atoms with van der Waals surface area (Å²) in [5.41, 5.74) is 11.0. The maximum atomic E-state index is 6.50. The van der Waals surface area contributed by atoms with Gasteiger partial charge in [0, 0.05) is 62.1 Å². The molecule has 50 heavy (non-hydrogen) atoms. The monoisotopic (exact) mass is 826 g/mol. The molecule has 6 aromatic carbocycles. The minimum Gasteiger partial charge on any atom is -0.508 e. The molecular formula is C44H31N4OPt-. The molecule has 3 heterocycles. The Bertz CT molecular complexity index is 2650. The summed E-state index contributed by atoms with van der Waals surface area (Å²) in [7, 11) is 0. The van der Waals surface area contributed by atoms with E-state index in [4.69, 9.17) is 9.72 Å². The van der Waals surface area contributed by atoms with Crippen LogP contribution in [-0.4, -0.2) is 18.7 Å². The molecule has 3 aromatic heterocycles. The molecule has 9 rings (SSSR count). The molecule has 0 fully saturated rings. The first-order chi connectivity index (χ1) is 24.1. The van der Waals surface area contributed by atoms with Crippen LogP contribution in [0.2, 0.25) is 0 Å². The van der Waals surface area contributed by atoms with Gasteiger partial charge in [0.05, 0.1) is 0 Å². The second-order valence-electron chi connectivity index (χ2n) is 12.3. The van der Waals surface area contributed by atoms with Crippen LogP contribution in [-0.2, 0) is 21.1 Å². The number of ether oxygens (including phenoxy) is 1. The summed E-state index contributed by atoms with van der Waals surface area (Å²) < 4.78 is 13.0. The van der Waals surface area contributed by atoms with Crippen molar-refractivity contribution in [3.05, 3.63) is 175 Å². The maximum absolute atomic E-state index is 6.50. The Balaban J connectivity index is 0.00000361. The molecule has 0 radical (unpaired) electrons. The van der Waals surface area contributed by atoms with Gasteiger partial charge in [0.2, 0.25) is 0 Å². The summed E-state index contributed by atoms with van der Waals surface area (Å²) >= 11 is 0. The van der Waals surface area contributed by atoms with Gasteiger partial charge in [0.1, 0.15) is 11.5 Å². The number of nitrogens with zero attached hydrogens (tertiary/aromatic N) is 4. The average molecular weight is 827 g/mol. The third-order valence-electron chi connectivity index (χ3n) is 9.20. The topological polar surface area (TPSA) is 36.9 Å². The number of rotatable bonds is 6. The Morgan fingerprint density at radius 3 is 2.08 bits per heavy atom. The molecule has 0 aliphatic rings. The van der Waals surface area contributed by atoms with E-state index in [1.165, 1.54) is 16.7 Å². The largest absolute Gasteiger partial charge is 0.508 e. The van der Waals surface area contributed by atoms with E-state index in [2.05, 4.69) is 155 Å². The minimum absolute atomic E-state index is 0. The van der Waals surface area contributed by atoms with Crippen molar-refractivity contribution < 1.29 is 25.8 Å². The Morgan fingerprint density at radius 1 is 0.600 bits per heavy atom. The van der Waals surface area contributed by atoms with Crippen molar-refractivity contribution in [1.29, 1.82) is 0 Å². The van der Waals surface area contributed by atoms with Crippen molar-refractivity contribution in [3.63, 3.8) is 0 Å². The van der Waals surface area contributed by atoms with Crippen molar-refractivity contribution in [2.45, 2.75) is 13.8 Å². The molecule has 0 saturated carbocycles. The van der Waals surface area contributed by atoms with Crippen LogP contribution < -0.4 is 4.74 Å². The van der Waals surface area contributed by atoms with Gasteiger partial charge in [0.25, 0.3) is 0 Å². The van der Waals surface area contributed by atoms with Crippen molar-refractivity contribution in [3.8, 4) is 39.8 Å². The van der Waals surface area contributed by atoms with Crippen LogP contribution in [0.25, 0.3) is 61.2 Å². The normalized spacial score (nSPS) is 11.2. The Kier molecular flexibility index (Phi) is 8.14. The number of imidazole rings is 1. The second-order valence-corrected chi connectivity index (χ2v) is 12.3. The van der Waals surface area contributed by atoms with Gasteiger partial charge in [-0.05, 0) is 71.8 Å². The molecule has 0 atom stereocenters. The number of fused-ring (bicyclic) bond motifs is 4. The number of pyridine rings is 1. The molecular weight excluding hydrogens is 796 g/mol. The standard InChI is InChI=1S/C44H31N4O.Pt/c1-30-12-10-13-31(2)44(30)32-24-25-45-43(26-32)48-39-19-7-6-18-37(39)38-23-22-36(28-42(38)48)49-35-17-11-16-34(27-35)47-29-46(33-14-4-3-5-15-33)40-20-8-9-21-41(40)47;/h3-26,29H,1-2H3;/q-1;. The van der Waals surface area contributed by atoms with Gasteiger partial charge in [-0.15, -0.1) is 29.7 Å². The fraction of sp³-hybridized carbons (Fsp3) is 0.0455. The van der Waals surface area contributed by atoms with Crippen LogP contribution in [0.5, 0.6) is 11.5 Å². The van der Waals surface area contributed by atoms with Gasteiger partial charge >= 0.3 is 0 Å². The van der Waals surface area contributed by atoms with Gasteiger partial charge in [-0.2, -0.15) is 16.7 Å². The molecule has 0 amide bonds. The van der Waals surface area contributed by atoms with Gasteiger partial charge in [-0.3, -0.25) is 0 Å². The zero-order chi connectivity index (χ0) is 32.9. The van der Waals surface area contributed by atoms with Crippen LogP contribution in [0.15, 0.2) is 152 Å². The summed E-state index contributed by atoms with van der Waals surface area (Å²) in [6.07, 6.45) is 4.00. The first kappa shape index (κ1) is 31.5. The quantitative estimate of drug-likeness (QED) is 0.157. The Morgan fingerprint density at radius 2 is 1.28 bits per heavy atom. The molecule has 0 bridgehead atoms. The van der Waals surface area contributed by atoms with Crippen molar-refractivity contribution in [2.75, 3.05) is 0 Å². The van der Waals surface area contributed by atoms with Crippen LogP contribution in [0, 0.1) is 26.0 Å². The fourth-order valence-electron chi connectivity index (χ4n) is 6.99. The Labute approximate surface area is 304 Å². The van der Waals surface area contributed by atoms with E-state index in [-0.39, 0.29) is 21.1 Å². The van der Waals surface area contributed by atoms with E-state index >= 15 is 0 Å². The van der Waals surface area contributed by atoms with Crippen LogP contribution in [0.3, 0.4) is 0 Å². The maximum Gasteiger partial charge on any atom is 0.168 e. The van der Waals surface area contributed by atoms with Gasteiger partial charge in [-0.25, -0.2) is 9.55 Å². The summed E-state index contributed by atoms with van der Waals surface area (Å²) in [4.78, 5) is 4.87. The van der Waals surface area contributed by atoms with Crippen molar-refractivity contribution >= 4 is 32.8 Å². The fourth-order valence-corrected chi connectivity index (χ4v) is 6.99. The predicted molar refractivity (Wildman–Crippen MR) is 198 cm³/mol. The van der Waals surface area contributed by atoms with E-state index in [9.17, 15) is 0 Å². The van der Waals surface area contributed by atoms with E-state index in [0.29, 0.717) is 11.5 Å². The zero-order valence-corrected chi connectivity index (χ0v) is 29.7. The zero-order valence-electron chi connectivity index (χ0n) is 27.4. The molecule has 6 heteroatoms. The van der Waals surface area contributed by atoms with Gasteiger partial charge in [0.15, 0.2) is 17.4 Å². The molecule has 0 N–H and O–H groups in total. The van der Waals surface area contributed by atoms with Crippen LogP contribution >= 0.6 is 0 Å². The number of hydrogen-bond acceptors (Lipinski definition) is 2. The molecule has 0 spiro atoms. The van der Waals surface area contributed by atoms with Gasteiger partial charge in [-0.1, -0.05) is 78.3 Å². The summed E-state index contributed by atoms with van der Waals surface area (Å²) in [5, 5.41) is 2.23. The van der Waals surface area contributed by atoms with Crippen LogP contribution in [0.1, 0.15) is 11.1 Å². The number of hydrogen-bond donors (Lipinski definition) is 0. The van der Waals surface area contributed by atoms with Crippen molar-refractivity contribution in [2.24, 2.45) is 0 Å². The third kappa shape index (κ3) is 5.41. The number of aromatic nitrogens is 4. The summed E-state index contributed by atoms with van der Waals surface area (Å²) in [6, 6.07) is 55.0. The first-order valence-corrected chi connectivity index (χ1v) is 16.4. The first-order valence-electron chi connectivity index (χ1n) is 16.4. The molecule has 9 aromatic rings. The molecule has 0 aliphatic heterocycles. The van der Waals surface area contributed by atoms with Gasteiger partial charge < -0.3 is 9.30 Å². The summed E-state index contributed by atoms with van der Waals surface area (Å²) in [6.45, 7) is 4.32. The van der Waals surface area contributed by atoms with E-state index < -0.39 is 0 Å². The molecule has 244 valence electrons. The molecule has 5 nitrogen and oxygen atoms in total. The van der Waals surface area contributed by atoms with E-state index in [0.717, 1.165) is 55.6 Å². The number of para-hydroxylation sites is 4. The van der Waals surface area contributed by atoms with Crippen molar-refractivity contribution in [1.82, 2.24) is 18.7 Å². The number of benzene rings is 6. The molecule has 0 unspecified atom stereocenters. The predicted octanol–water partition coefficient (Wildman–Crippen LogP) is 10.9. The Hall–Kier alpha value is -5.77. The molecule has 0 aliphatic carbocycles.